The van der Waals surface area contributed by atoms with Crippen molar-refractivity contribution in [2.75, 3.05) is 12.3 Å². The normalized spacial score (nSPS) is 15.7. The molecular weight excluding hydrogens is 240 g/mol. The number of aromatic nitrogens is 1. The molecule has 0 saturated carbocycles. The largest absolute Gasteiger partial charge is 0.492 e. The number of rotatable bonds is 2. The zero-order valence-corrected chi connectivity index (χ0v) is 11.0. The lowest BCUT2D eigenvalue weighted by Gasteiger charge is -2.18. The van der Waals surface area contributed by atoms with E-state index in [0.717, 1.165) is 17.1 Å². The van der Waals surface area contributed by atoms with Crippen LogP contribution in [0.3, 0.4) is 0 Å². The summed E-state index contributed by atoms with van der Waals surface area (Å²) in [7, 11) is 0. The molecule has 4 heteroatoms. The molecule has 0 fully saturated rings. The van der Waals surface area contributed by atoms with Gasteiger partial charge in [-0.25, -0.2) is 4.98 Å². The highest BCUT2D eigenvalue weighted by Gasteiger charge is 2.35. The summed E-state index contributed by atoms with van der Waals surface area (Å²) in [5.41, 5.74) is 6.62. The molecule has 2 heterocycles. The van der Waals surface area contributed by atoms with Crippen LogP contribution < -0.4 is 15.2 Å². The van der Waals surface area contributed by atoms with Crippen LogP contribution in [-0.4, -0.2) is 11.6 Å². The summed E-state index contributed by atoms with van der Waals surface area (Å²) in [4.78, 5) is 4.03. The van der Waals surface area contributed by atoms with Gasteiger partial charge in [-0.15, -0.1) is 0 Å². The first-order valence-electron chi connectivity index (χ1n) is 6.22. The number of nitrogens with zero attached hydrogens (tertiary/aromatic N) is 1. The Morgan fingerprint density at radius 1 is 1.26 bits per heavy atom. The smallest absolute Gasteiger partial charge is 0.145 e. The van der Waals surface area contributed by atoms with Crippen molar-refractivity contribution in [3.05, 3.63) is 42.1 Å². The summed E-state index contributed by atoms with van der Waals surface area (Å²) in [6, 6.07) is 9.38. The first-order valence-corrected chi connectivity index (χ1v) is 6.22. The standard InChI is InChI=1S/C15H16N2O2/c1-15(2)9-18-11-4-3-5-12(14(11)15)19-10-6-7-13(16)17-8-10/h3-8H,9H2,1-2H3,(H2,16,17). The van der Waals surface area contributed by atoms with Crippen LogP contribution in [0, 0.1) is 0 Å². The van der Waals surface area contributed by atoms with Gasteiger partial charge in [0.1, 0.15) is 23.1 Å². The Morgan fingerprint density at radius 3 is 2.84 bits per heavy atom. The van der Waals surface area contributed by atoms with Gasteiger partial charge in [0.2, 0.25) is 0 Å². The molecule has 1 aromatic heterocycles. The van der Waals surface area contributed by atoms with E-state index < -0.39 is 0 Å². The average molecular weight is 256 g/mol. The van der Waals surface area contributed by atoms with Gasteiger partial charge in [0.05, 0.1) is 12.8 Å². The molecule has 0 atom stereocenters. The predicted molar refractivity (Wildman–Crippen MR) is 73.7 cm³/mol. The molecule has 1 aliphatic rings. The van der Waals surface area contributed by atoms with E-state index in [2.05, 4.69) is 18.8 Å². The molecule has 1 aromatic carbocycles. The van der Waals surface area contributed by atoms with Crippen molar-refractivity contribution < 1.29 is 9.47 Å². The third kappa shape index (κ3) is 2.10. The number of pyridine rings is 1. The van der Waals surface area contributed by atoms with Gasteiger partial charge in [0, 0.05) is 11.0 Å². The zero-order chi connectivity index (χ0) is 13.5. The lowest BCUT2D eigenvalue weighted by Crippen LogP contribution is -2.18. The Kier molecular flexibility index (Phi) is 2.59. The van der Waals surface area contributed by atoms with E-state index in [0.29, 0.717) is 18.2 Å². The predicted octanol–water partition coefficient (Wildman–Crippen LogP) is 3.13. The van der Waals surface area contributed by atoms with Crippen molar-refractivity contribution in [3.8, 4) is 17.2 Å². The van der Waals surface area contributed by atoms with E-state index >= 15 is 0 Å². The molecule has 0 radical (unpaired) electrons. The number of hydrogen-bond donors (Lipinski definition) is 1. The molecular formula is C15H16N2O2. The Bertz CT molecular complexity index is 606. The third-order valence-corrected chi connectivity index (χ3v) is 3.24. The van der Waals surface area contributed by atoms with E-state index in [1.54, 1.807) is 12.3 Å². The number of anilines is 1. The number of benzene rings is 1. The van der Waals surface area contributed by atoms with Gasteiger partial charge in [-0.05, 0) is 24.3 Å². The topological polar surface area (TPSA) is 57.4 Å². The summed E-state index contributed by atoms with van der Waals surface area (Å²) in [6.45, 7) is 4.96. The molecule has 98 valence electrons. The number of nitrogen functional groups attached to an aromatic ring is 1. The van der Waals surface area contributed by atoms with E-state index in [1.807, 2.05) is 24.3 Å². The minimum Gasteiger partial charge on any atom is -0.492 e. The van der Waals surface area contributed by atoms with E-state index in [-0.39, 0.29) is 5.41 Å². The quantitative estimate of drug-likeness (QED) is 0.896. The molecule has 1 aliphatic heterocycles. The van der Waals surface area contributed by atoms with Gasteiger partial charge < -0.3 is 15.2 Å². The van der Waals surface area contributed by atoms with Crippen LogP contribution in [0.2, 0.25) is 0 Å². The third-order valence-electron chi connectivity index (χ3n) is 3.24. The van der Waals surface area contributed by atoms with E-state index in [9.17, 15) is 0 Å². The van der Waals surface area contributed by atoms with Gasteiger partial charge >= 0.3 is 0 Å². The van der Waals surface area contributed by atoms with E-state index in [4.69, 9.17) is 15.2 Å². The van der Waals surface area contributed by atoms with Crippen LogP contribution in [0.1, 0.15) is 19.4 Å². The molecule has 19 heavy (non-hydrogen) atoms. The molecule has 0 spiro atoms. The number of nitrogens with two attached hydrogens (primary N) is 1. The summed E-state index contributed by atoms with van der Waals surface area (Å²) < 4.78 is 11.6. The van der Waals surface area contributed by atoms with Crippen LogP contribution >= 0.6 is 0 Å². The minimum atomic E-state index is -0.0484. The maximum atomic E-state index is 5.91. The second-order valence-corrected chi connectivity index (χ2v) is 5.32. The molecule has 0 saturated heterocycles. The molecule has 4 nitrogen and oxygen atoms in total. The Balaban J connectivity index is 1.99. The average Bonchev–Trinajstić information content (AvgIpc) is 2.70. The van der Waals surface area contributed by atoms with Crippen molar-refractivity contribution in [2.24, 2.45) is 0 Å². The van der Waals surface area contributed by atoms with Crippen LogP contribution in [0.5, 0.6) is 17.2 Å². The maximum Gasteiger partial charge on any atom is 0.145 e. The lowest BCUT2D eigenvalue weighted by atomic mass is 9.86. The lowest BCUT2D eigenvalue weighted by molar-refractivity contribution is 0.290. The first kappa shape index (κ1) is 11.8. The van der Waals surface area contributed by atoms with Crippen LogP contribution in [0.25, 0.3) is 0 Å². The van der Waals surface area contributed by atoms with Crippen LogP contribution in [0.15, 0.2) is 36.5 Å². The van der Waals surface area contributed by atoms with Gasteiger partial charge in [-0.1, -0.05) is 19.9 Å². The second-order valence-electron chi connectivity index (χ2n) is 5.32. The van der Waals surface area contributed by atoms with Crippen molar-refractivity contribution in [2.45, 2.75) is 19.3 Å². The highest BCUT2D eigenvalue weighted by atomic mass is 16.5. The Labute approximate surface area is 112 Å². The summed E-state index contributed by atoms with van der Waals surface area (Å²) >= 11 is 0. The van der Waals surface area contributed by atoms with Crippen molar-refractivity contribution >= 4 is 5.82 Å². The highest BCUT2D eigenvalue weighted by molar-refractivity contribution is 5.53. The fourth-order valence-electron chi connectivity index (χ4n) is 2.29. The van der Waals surface area contributed by atoms with Gasteiger partial charge in [0.25, 0.3) is 0 Å². The van der Waals surface area contributed by atoms with Crippen molar-refractivity contribution in [3.63, 3.8) is 0 Å². The Hall–Kier alpha value is -2.23. The summed E-state index contributed by atoms with van der Waals surface area (Å²) in [6.07, 6.45) is 1.62. The molecule has 2 N–H and O–H groups in total. The fraction of sp³-hybridized carbons (Fsp3) is 0.267. The molecule has 3 rings (SSSR count). The maximum absolute atomic E-state index is 5.91. The second kappa shape index (κ2) is 4.16. The van der Waals surface area contributed by atoms with Gasteiger partial charge in [0.15, 0.2) is 0 Å². The first-order chi connectivity index (χ1) is 9.06. The fourth-order valence-corrected chi connectivity index (χ4v) is 2.29. The molecule has 0 unspecified atom stereocenters. The molecule has 2 aromatic rings. The summed E-state index contributed by atoms with van der Waals surface area (Å²) in [5, 5.41) is 0. The minimum absolute atomic E-state index is 0.0484. The van der Waals surface area contributed by atoms with Crippen molar-refractivity contribution in [1.82, 2.24) is 4.98 Å². The molecule has 0 aliphatic carbocycles. The van der Waals surface area contributed by atoms with Crippen molar-refractivity contribution in [1.29, 1.82) is 0 Å². The zero-order valence-electron chi connectivity index (χ0n) is 11.0. The van der Waals surface area contributed by atoms with Crippen LogP contribution in [-0.2, 0) is 5.41 Å². The number of fused-ring (bicyclic) bond motifs is 1. The summed E-state index contributed by atoms with van der Waals surface area (Å²) in [5.74, 6) is 2.86. The SMILES string of the molecule is CC1(C)COc2cccc(Oc3ccc(N)nc3)c21. The monoisotopic (exact) mass is 256 g/mol. The van der Waals surface area contributed by atoms with Gasteiger partial charge in [-0.3, -0.25) is 0 Å². The molecule has 0 amide bonds. The van der Waals surface area contributed by atoms with Gasteiger partial charge in [-0.2, -0.15) is 0 Å². The van der Waals surface area contributed by atoms with Crippen LogP contribution in [0.4, 0.5) is 5.82 Å². The number of hydrogen-bond acceptors (Lipinski definition) is 4. The number of ether oxygens (including phenoxy) is 2. The molecule has 0 bridgehead atoms. The Morgan fingerprint density at radius 2 is 2.11 bits per heavy atom. The highest BCUT2D eigenvalue weighted by Crippen LogP contribution is 2.45. The van der Waals surface area contributed by atoms with E-state index in [1.165, 1.54) is 0 Å².